The first-order valence-electron chi connectivity index (χ1n) is 3.84. The third-order valence-electron chi connectivity index (χ3n) is 1.26. The van der Waals surface area contributed by atoms with E-state index in [1.54, 1.807) is 0 Å². The van der Waals surface area contributed by atoms with E-state index in [9.17, 15) is 9.59 Å². The molecule has 0 heterocycles. The van der Waals surface area contributed by atoms with Crippen LogP contribution in [0, 0.1) is 0 Å². The highest BCUT2D eigenvalue weighted by Gasteiger charge is 1.96. The van der Waals surface area contributed by atoms with Crippen molar-refractivity contribution in [2.24, 2.45) is 0 Å². The van der Waals surface area contributed by atoms with Crippen LogP contribution in [-0.2, 0) is 14.3 Å². The maximum atomic E-state index is 10.6. The predicted octanol–water partition coefficient (Wildman–Crippen LogP) is -0.220. The molecule has 0 aliphatic carbocycles. The largest absolute Gasteiger partial charge is 0.478 e. The number of esters is 1. The molecule has 5 nitrogen and oxygen atoms in total. The van der Waals surface area contributed by atoms with Gasteiger partial charge in [0.05, 0.1) is 13.5 Å². The van der Waals surface area contributed by atoms with Crippen LogP contribution in [0.1, 0.15) is 6.42 Å². The van der Waals surface area contributed by atoms with Crippen molar-refractivity contribution in [2.45, 2.75) is 6.42 Å². The first-order chi connectivity index (χ1) is 6.16. The monoisotopic (exact) mass is 187 g/mol. The molecule has 0 amide bonds. The van der Waals surface area contributed by atoms with Crippen LogP contribution in [0.3, 0.4) is 0 Å². The Morgan fingerprint density at radius 2 is 2.23 bits per heavy atom. The molecule has 0 aliphatic heterocycles. The van der Waals surface area contributed by atoms with Gasteiger partial charge in [-0.05, 0) is 0 Å². The van der Waals surface area contributed by atoms with E-state index in [1.165, 1.54) is 13.2 Å². The number of hydrogen-bond donors (Lipinski definition) is 2. The molecule has 0 radical (unpaired) electrons. The summed E-state index contributed by atoms with van der Waals surface area (Å²) in [6.07, 6.45) is 2.81. The Labute approximate surface area is 76.4 Å². The van der Waals surface area contributed by atoms with Gasteiger partial charge in [0, 0.05) is 19.2 Å². The molecule has 0 aromatic rings. The zero-order valence-electron chi connectivity index (χ0n) is 7.45. The fourth-order valence-electron chi connectivity index (χ4n) is 0.638. The van der Waals surface area contributed by atoms with Gasteiger partial charge in [-0.25, -0.2) is 4.79 Å². The van der Waals surface area contributed by atoms with E-state index in [0.29, 0.717) is 13.1 Å². The zero-order chi connectivity index (χ0) is 10.1. The minimum atomic E-state index is -0.977. The second-order valence-corrected chi connectivity index (χ2v) is 2.27. The second-order valence-electron chi connectivity index (χ2n) is 2.27. The standard InChI is InChI=1S/C8H13NO4/c1-13-8(12)4-6-9-5-2-3-7(10)11/h2-3,9H,4-6H2,1H3,(H,10,11)/b3-2+. The molecule has 0 bridgehead atoms. The van der Waals surface area contributed by atoms with Gasteiger partial charge in [0.25, 0.3) is 0 Å². The summed E-state index contributed by atoms with van der Waals surface area (Å²) >= 11 is 0. The summed E-state index contributed by atoms with van der Waals surface area (Å²) in [5, 5.41) is 11.1. The maximum absolute atomic E-state index is 10.6. The summed E-state index contributed by atoms with van der Waals surface area (Å²) in [4.78, 5) is 20.6. The Morgan fingerprint density at radius 1 is 1.54 bits per heavy atom. The van der Waals surface area contributed by atoms with Crippen LogP contribution >= 0.6 is 0 Å². The maximum Gasteiger partial charge on any atom is 0.328 e. The lowest BCUT2D eigenvalue weighted by Gasteiger charge is -1.99. The number of ether oxygens (including phenoxy) is 1. The van der Waals surface area contributed by atoms with Crippen molar-refractivity contribution in [3.05, 3.63) is 12.2 Å². The van der Waals surface area contributed by atoms with Crippen LogP contribution < -0.4 is 5.32 Å². The van der Waals surface area contributed by atoms with Gasteiger partial charge in [-0.2, -0.15) is 0 Å². The lowest BCUT2D eigenvalue weighted by molar-refractivity contribution is -0.140. The summed E-state index contributed by atoms with van der Waals surface area (Å²) in [6.45, 7) is 0.917. The predicted molar refractivity (Wildman–Crippen MR) is 46.3 cm³/mol. The summed E-state index contributed by atoms with van der Waals surface area (Å²) in [6, 6.07) is 0. The van der Waals surface area contributed by atoms with Crippen LogP contribution in [0.2, 0.25) is 0 Å². The Morgan fingerprint density at radius 3 is 2.77 bits per heavy atom. The number of carbonyl (C=O) groups excluding carboxylic acids is 1. The fourth-order valence-corrected chi connectivity index (χ4v) is 0.638. The summed E-state index contributed by atoms with van der Waals surface area (Å²) in [7, 11) is 1.33. The normalized spacial score (nSPS) is 10.2. The van der Waals surface area contributed by atoms with Crippen LogP contribution in [0.5, 0.6) is 0 Å². The van der Waals surface area contributed by atoms with Crippen molar-refractivity contribution >= 4 is 11.9 Å². The number of methoxy groups -OCH3 is 1. The molecule has 0 unspecified atom stereocenters. The number of rotatable bonds is 6. The summed E-state index contributed by atoms with van der Waals surface area (Å²) < 4.78 is 4.40. The number of nitrogens with one attached hydrogen (secondary N) is 1. The van der Waals surface area contributed by atoms with Gasteiger partial charge in [0.1, 0.15) is 0 Å². The van der Waals surface area contributed by atoms with Gasteiger partial charge in [-0.3, -0.25) is 4.79 Å². The first-order valence-corrected chi connectivity index (χ1v) is 3.84. The topological polar surface area (TPSA) is 75.6 Å². The van der Waals surface area contributed by atoms with Gasteiger partial charge in [-0.1, -0.05) is 6.08 Å². The number of aliphatic carboxylic acids is 1. The number of carbonyl (C=O) groups is 2. The van der Waals surface area contributed by atoms with Gasteiger partial charge in [0.15, 0.2) is 0 Å². The first kappa shape index (κ1) is 11.6. The Bertz CT molecular complexity index is 200. The highest BCUT2D eigenvalue weighted by molar-refractivity contribution is 5.79. The SMILES string of the molecule is COC(=O)CCNC/C=C/C(=O)O. The third kappa shape index (κ3) is 8.55. The van der Waals surface area contributed by atoms with Gasteiger partial charge in [-0.15, -0.1) is 0 Å². The Balaban J connectivity index is 3.26. The highest BCUT2D eigenvalue weighted by Crippen LogP contribution is 1.80. The summed E-state index contributed by atoms with van der Waals surface area (Å²) in [5.74, 6) is -1.26. The van der Waals surface area contributed by atoms with Crippen molar-refractivity contribution in [2.75, 3.05) is 20.2 Å². The van der Waals surface area contributed by atoms with E-state index < -0.39 is 5.97 Å². The van der Waals surface area contributed by atoms with E-state index in [2.05, 4.69) is 10.1 Å². The quantitative estimate of drug-likeness (QED) is 0.341. The molecular formula is C8H13NO4. The molecule has 0 aromatic heterocycles. The fraction of sp³-hybridized carbons (Fsp3) is 0.500. The van der Waals surface area contributed by atoms with Crippen LogP contribution in [-0.4, -0.2) is 37.2 Å². The van der Waals surface area contributed by atoms with Crippen LogP contribution in [0.15, 0.2) is 12.2 Å². The van der Waals surface area contributed by atoms with E-state index in [0.717, 1.165) is 6.08 Å². The van der Waals surface area contributed by atoms with Crippen LogP contribution in [0.4, 0.5) is 0 Å². The molecule has 5 heteroatoms. The van der Waals surface area contributed by atoms with Crippen molar-refractivity contribution in [1.29, 1.82) is 0 Å². The highest BCUT2D eigenvalue weighted by atomic mass is 16.5. The lowest BCUT2D eigenvalue weighted by Crippen LogP contribution is -2.18. The molecule has 74 valence electrons. The van der Waals surface area contributed by atoms with E-state index in [4.69, 9.17) is 5.11 Å². The molecule has 0 saturated carbocycles. The molecular weight excluding hydrogens is 174 g/mol. The van der Waals surface area contributed by atoms with E-state index in [-0.39, 0.29) is 12.4 Å². The van der Waals surface area contributed by atoms with Crippen molar-refractivity contribution in [3.8, 4) is 0 Å². The van der Waals surface area contributed by atoms with Crippen molar-refractivity contribution in [1.82, 2.24) is 5.32 Å². The zero-order valence-corrected chi connectivity index (χ0v) is 7.45. The number of carboxylic acid groups (broad SMARTS) is 1. The van der Waals surface area contributed by atoms with Gasteiger partial charge < -0.3 is 15.2 Å². The second kappa shape index (κ2) is 7.30. The molecule has 0 aliphatic rings. The summed E-state index contributed by atoms with van der Waals surface area (Å²) in [5.41, 5.74) is 0. The Kier molecular flexibility index (Phi) is 6.53. The molecule has 0 rings (SSSR count). The van der Waals surface area contributed by atoms with Gasteiger partial charge in [0.2, 0.25) is 0 Å². The van der Waals surface area contributed by atoms with E-state index >= 15 is 0 Å². The lowest BCUT2D eigenvalue weighted by atomic mass is 10.4. The number of hydrogen-bond acceptors (Lipinski definition) is 4. The average molecular weight is 187 g/mol. The van der Waals surface area contributed by atoms with Crippen molar-refractivity contribution in [3.63, 3.8) is 0 Å². The molecule has 0 saturated heterocycles. The van der Waals surface area contributed by atoms with Gasteiger partial charge >= 0.3 is 11.9 Å². The minimum absolute atomic E-state index is 0.283. The molecule has 0 spiro atoms. The smallest absolute Gasteiger partial charge is 0.328 e. The molecule has 13 heavy (non-hydrogen) atoms. The molecule has 0 atom stereocenters. The molecule has 0 aromatic carbocycles. The average Bonchev–Trinajstić information content (AvgIpc) is 2.10. The molecule has 2 N–H and O–H groups in total. The Hall–Kier alpha value is -1.36. The third-order valence-corrected chi connectivity index (χ3v) is 1.26. The molecule has 0 fully saturated rings. The van der Waals surface area contributed by atoms with Crippen LogP contribution in [0.25, 0.3) is 0 Å². The minimum Gasteiger partial charge on any atom is -0.478 e. The van der Waals surface area contributed by atoms with E-state index in [1.807, 2.05) is 0 Å². The van der Waals surface area contributed by atoms with Crippen molar-refractivity contribution < 1.29 is 19.4 Å². The number of carboxylic acids is 1.